The molecule has 0 saturated carbocycles. The smallest absolute Gasteiger partial charge is 0.258 e. The van der Waals surface area contributed by atoms with E-state index in [9.17, 15) is 18.5 Å². The number of sulfonamides is 1. The molecule has 1 fully saturated rings. The third-order valence-corrected chi connectivity index (χ3v) is 5.93. The number of nitrogens with zero attached hydrogens (tertiary/aromatic N) is 2. The number of rotatable bonds is 3. The second-order valence-corrected chi connectivity index (χ2v) is 7.90. The molecule has 2 unspecified atom stereocenters. The van der Waals surface area contributed by atoms with E-state index in [1.165, 1.54) is 16.4 Å². The fourth-order valence-electron chi connectivity index (χ4n) is 2.83. The summed E-state index contributed by atoms with van der Waals surface area (Å²) in [5, 5.41) is 11.0. The van der Waals surface area contributed by atoms with E-state index in [0.29, 0.717) is 13.1 Å². The zero-order chi connectivity index (χ0) is 15.8. The first-order valence-corrected chi connectivity index (χ1v) is 8.48. The van der Waals surface area contributed by atoms with Crippen LogP contribution in [0.15, 0.2) is 23.1 Å². The molecule has 1 aromatic carbocycles. The summed E-state index contributed by atoms with van der Waals surface area (Å²) in [6.07, 6.45) is 0.941. The fraction of sp³-hybridized carbons (Fsp3) is 0.538. The highest BCUT2D eigenvalue weighted by Crippen LogP contribution is 2.35. The van der Waals surface area contributed by atoms with E-state index in [4.69, 9.17) is 11.6 Å². The van der Waals surface area contributed by atoms with E-state index in [1.807, 2.05) is 13.8 Å². The van der Waals surface area contributed by atoms with Crippen LogP contribution in [0.5, 0.6) is 0 Å². The number of nitro benzene ring substituents is 1. The molecule has 0 spiro atoms. The van der Waals surface area contributed by atoms with E-state index in [-0.39, 0.29) is 16.9 Å². The highest BCUT2D eigenvalue weighted by molar-refractivity contribution is 7.89. The van der Waals surface area contributed by atoms with E-state index in [1.54, 1.807) is 0 Å². The molecule has 1 heterocycles. The third kappa shape index (κ3) is 3.20. The quantitative estimate of drug-likeness (QED) is 0.629. The molecular formula is C13H17ClN2O4S. The molecule has 0 aromatic heterocycles. The average molecular weight is 333 g/mol. The van der Waals surface area contributed by atoms with Gasteiger partial charge in [-0.3, -0.25) is 10.1 Å². The van der Waals surface area contributed by atoms with Crippen molar-refractivity contribution in [2.24, 2.45) is 11.8 Å². The minimum Gasteiger partial charge on any atom is -0.258 e. The van der Waals surface area contributed by atoms with Crippen LogP contribution in [0.4, 0.5) is 5.69 Å². The van der Waals surface area contributed by atoms with Gasteiger partial charge in [0.25, 0.3) is 15.7 Å². The average Bonchev–Trinajstić information content (AvgIpc) is 2.36. The van der Waals surface area contributed by atoms with Crippen molar-refractivity contribution in [3.05, 3.63) is 33.3 Å². The number of nitro groups is 1. The van der Waals surface area contributed by atoms with Crippen molar-refractivity contribution in [3.8, 4) is 0 Å². The van der Waals surface area contributed by atoms with Crippen molar-refractivity contribution in [1.29, 1.82) is 0 Å². The second kappa shape index (κ2) is 5.90. The monoisotopic (exact) mass is 332 g/mol. The van der Waals surface area contributed by atoms with Crippen molar-refractivity contribution in [2.45, 2.75) is 25.2 Å². The molecule has 116 valence electrons. The van der Waals surface area contributed by atoms with Gasteiger partial charge >= 0.3 is 0 Å². The predicted molar refractivity (Wildman–Crippen MR) is 79.8 cm³/mol. The minimum atomic E-state index is -3.97. The lowest BCUT2D eigenvalue weighted by Gasteiger charge is -2.34. The van der Waals surface area contributed by atoms with Gasteiger partial charge < -0.3 is 0 Å². The topological polar surface area (TPSA) is 80.5 Å². The van der Waals surface area contributed by atoms with Crippen LogP contribution in [0.2, 0.25) is 5.02 Å². The first kappa shape index (κ1) is 16.2. The predicted octanol–water partition coefficient (Wildman–Crippen LogP) is 2.91. The van der Waals surface area contributed by atoms with E-state index < -0.39 is 25.5 Å². The van der Waals surface area contributed by atoms with Crippen LogP contribution < -0.4 is 0 Å². The first-order chi connectivity index (χ1) is 9.73. The highest BCUT2D eigenvalue weighted by atomic mass is 35.5. The number of hydrogen-bond acceptors (Lipinski definition) is 4. The van der Waals surface area contributed by atoms with Crippen molar-refractivity contribution < 1.29 is 13.3 Å². The van der Waals surface area contributed by atoms with Crippen LogP contribution in [-0.2, 0) is 10.0 Å². The summed E-state index contributed by atoms with van der Waals surface area (Å²) >= 11 is 5.94. The van der Waals surface area contributed by atoms with Crippen molar-refractivity contribution in [2.75, 3.05) is 13.1 Å². The minimum absolute atomic E-state index is 0.116. The lowest BCUT2D eigenvalue weighted by atomic mass is 9.94. The second-order valence-electron chi connectivity index (χ2n) is 5.61. The number of piperidine rings is 1. The molecule has 0 bridgehead atoms. The molecule has 2 atom stereocenters. The van der Waals surface area contributed by atoms with Gasteiger partial charge in [0.2, 0.25) is 0 Å². The van der Waals surface area contributed by atoms with Crippen LogP contribution >= 0.6 is 11.6 Å². The zero-order valence-corrected chi connectivity index (χ0v) is 13.4. The Kier molecular flexibility index (Phi) is 4.55. The largest absolute Gasteiger partial charge is 0.290 e. The van der Waals surface area contributed by atoms with Gasteiger partial charge in [0, 0.05) is 19.2 Å². The summed E-state index contributed by atoms with van der Waals surface area (Å²) in [4.78, 5) is 9.98. The molecule has 21 heavy (non-hydrogen) atoms. The van der Waals surface area contributed by atoms with Crippen molar-refractivity contribution in [3.63, 3.8) is 0 Å². The Morgan fingerprint density at radius 1 is 1.29 bits per heavy atom. The SMILES string of the molecule is CC1CC(C)CN(S(=O)(=O)c2c(Cl)cccc2[N+](=O)[O-])C1. The van der Waals surface area contributed by atoms with Gasteiger partial charge in [0.15, 0.2) is 4.90 Å². The summed E-state index contributed by atoms with van der Waals surface area (Å²) in [6.45, 7) is 4.66. The molecular weight excluding hydrogens is 316 g/mol. The lowest BCUT2D eigenvalue weighted by molar-refractivity contribution is -0.387. The zero-order valence-electron chi connectivity index (χ0n) is 11.8. The molecule has 2 rings (SSSR count). The Labute approximate surface area is 128 Å². The molecule has 1 aromatic rings. The van der Waals surface area contributed by atoms with Crippen LogP contribution in [0.1, 0.15) is 20.3 Å². The van der Waals surface area contributed by atoms with Gasteiger partial charge in [-0.1, -0.05) is 31.5 Å². The number of benzene rings is 1. The molecule has 1 saturated heterocycles. The molecule has 1 aliphatic rings. The summed E-state index contributed by atoms with van der Waals surface area (Å²) in [5.74, 6) is 0.426. The van der Waals surface area contributed by atoms with Gasteiger partial charge in [-0.05, 0) is 24.3 Å². The third-order valence-electron chi connectivity index (χ3n) is 3.58. The maximum Gasteiger partial charge on any atom is 0.290 e. The highest BCUT2D eigenvalue weighted by Gasteiger charge is 2.37. The number of halogens is 1. The van der Waals surface area contributed by atoms with Crippen LogP contribution in [0, 0.1) is 22.0 Å². The summed E-state index contributed by atoms with van der Waals surface area (Å²) in [6, 6.07) is 3.90. The fourth-order valence-corrected chi connectivity index (χ4v) is 5.17. The molecule has 8 heteroatoms. The summed E-state index contributed by atoms with van der Waals surface area (Å²) in [7, 11) is -3.97. The van der Waals surface area contributed by atoms with E-state index in [0.717, 1.165) is 12.5 Å². The van der Waals surface area contributed by atoms with Crippen LogP contribution in [0.25, 0.3) is 0 Å². The Balaban J connectivity index is 2.52. The lowest BCUT2D eigenvalue weighted by Crippen LogP contribution is -2.42. The van der Waals surface area contributed by atoms with Crippen molar-refractivity contribution >= 4 is 27.3 Å². The van der Waals surface area contributed by atoms with Gasteiger partial charge in [0.05, 0.1) is 9.95 Å². The maximum absolute atomic E-state index is 12.8. The van der Waals surface area contributed by atoms with Gasteiger partial charge in [-0.2, -0.15) is 4.31 Å². The molecule has 1 aliphatic heterocycles. The van der Waals surface area contributed by atoms with Gasteiger partial charge in [-0.15, -0.1) is 0 Å². The molecule has 6 nitrogen and oxygen atoms in total. The van der Waals surface area contributed by atoms with E-state index >= 15 is 0 Å². The maximum atomic E-state index is 12.8. The standard InChI is InChI=1S/C13H17ClN2O4S/c1-9-6-10(2)8-15(7-9)21(19,20)13-11(14)4-3-5-12(13)16(17)18/h3-5,9-10H,6-8H2,1-2H3. The molecule has 0 amide bonds. The molecule has 0 radical (unpaired) electrons. The molecule has 0 N–H and O–H groups in total. The molecule has 0 aliphatic carbocycles. The number of hydrogen-bond donors (Lipinski definition) is 0. The Bertz CT molecular complexity index is 652. The van der Waals surface area contributed by atoms with Crippen LogP contribution in [0.3, 0.4) is 0 Å². The Hall–Kier alpha value is -1.18. The van der Waals surface area contributed by atoms with Crippen LogP contribution in [-0.4, -0.2) is 30.7 Å². The summed E-state index contributed by atoms with van der Waals surface area (Å²) in [5.41, 5.74) is -0.478. The normalized spacial score (nSPS) is 24.0. The van der Waals surface area contributed by atoms with Gasteiger partial charge in [-0.25, -0.2) is 8.42 Å². The van der Waals surface area contributed by atoms with Gasteiger partial charge in [0.1, 0.15) is 0 Å². The Morgan fingerprint density at radius 2 is 1.86 bits per heavy atom. The Morgan fingerprint density at radius 3 is 2.38 bits per heavy atom. The van der Waals surface area contributed by atoms with E-state index in [2.05, 4.69) is 0 Å². The first-order valence-electron chi connectivity index (χ1n) is 6.66. The van der Waals surface area contributed by atoms with Crippen molar-refractivity contribution in [1.82, 2.24) is 4.31 Å². The summed E-state index contributed by atoms with van der Waals surface area (Å²) < 4.78 is 26.8.